The molecule has 0 aromatic carbocycles. The topological polar surface area (TPSA) is 142 Å². The molecular weight excluding hydrogens is 342 g/mol. The fourth-order valence-corrected chi connectivity index (χ4v) is 3.68. The molecule has 0 spiro atoms. The van der Waals surface area contributed by atoms with Crippen LogP contribution in [0.3, 0.4) is 0 Å². The first-order chi connectivity index (χ1) is 12.1. The molecule has 148 valence electrons. The Kier molecular flexibility index (Phi) is 6.60. The van der Waals surface area contributed by atoms with Crippen LogP contribution >= 0.6 is 0 Å². The van der Waals surface area contributed by atoms with Crippen LogP contribution in [0.15, 0.2) is 23.5 Å². The zero-order chi connectivity index (χ0) is 19.6. The minimum atomic E-state index is -1.80. The molecule has 6 N–H and O–H groups in total. The van der Waals surface area contributed by atoms with Crippen LogP contribution in [-0.2, 0) is 14.3 Å². The van der Waals surface area contributed by atoms with E-state index >= 15 is 0 Å². The third-order valence-corrected chi connectivity index (χ3v) is 5.18. The summed E-state index contributed by atoms with van der Waals surface area (Å²) in [6.45, 7) is 6.13. The summed E-state index contributed by atoms with van der Waals surface area (Å²) in [7, 11) is 0. The molecule has 0 aromatic rings. The molecule has 8 heteroatoms. The van der Waals surface area contributed by atoms with E-state index in [1.54, 1.807) is 13.8 Å². The summed E-state index contributed by atoms with van der Waals surface area (Å²) in [5.74, 6) is -0.859. The minimum Gasteiger partial charge on any atom is -0.508 e. The van der Waals surface area contributed by atoms with Gasteiger partial charge in [0, 0.05) is 31.7 Å². The van der Waals surface area contributed by atoms with E-state index in [1.165, 1.54) is 0 Å². The monoisotopic (exact) mass is 371 g/mol. The molecule has 8 nitrogen and oxygen atoms in total. The standard InChI is InChI=1S/C18H29NO7/c1-9-6-18(24,15(22)8-20)7-12(4-13(9)10(2)21)26-16-5-14(19)17(23)11(3)25-16/h11-12,14,16-17,20-21,23-24H,2,4-8,19H2,1,3H3/t11-,12+,14-,16?,17+,18-/m0/s1. The number of nitrogens with two attached hydrogens (primary N) is 1. The molecule has 1 aliphatic heterocycles. The van der Waals surface area contributed by atoms with Crippen molar-refractivity contribution in [2.75, 3.05) is 6.61 Å². The average Bonchev–Trinajstić information content (AvgIpc) is 2.68. The van der Waals surface area contributed by atoms with E-state index in [0.29, 0.717) is 11.1 Å². The smallest absolute Gasteiger partial charge is 0.189 e. The molecular formula is C18H29NO7. The summed E-state index contributed by atoms with van der Waals surface area (Å²) < 4.78 is 11.5. The highest BCUT2D eigenvalue weighted by atomic mass is 16.7. The third kappa shape index (κ3) is 4.51. The first-order valence-electron chi connectivity index (χ1n) is 8.75. The van der Waals surface area contributed by atoms with Crippen LogP contribution in [0.4, 0.5) is 0 Å². The van der Waals surface area contributed by atoms with Gasteiger partial charge in [-0.1, -0.05) is 12.2 Å². The van der Waals surface area contributed by atoms with E-state index in [0.717, 1.165) is 0 Å². The number of allylic oxidation sites excluding steroid dienone is 1. The molecule has 1 aliphatic carbocycles. The molecule has 0 amide bonds. The Labute approximate surface area is 152 Å². The quantitative estimate of drug-likeness (QED) is 0.427. The normalized spacial score (nSPS) is 38.8. The van der Waals surface area contributed by atoms with Crippen molar-refractivity contribution in [3.05, 3.63) is 23.5 Å². The Morgan fingerprint density at radius 2 is 2.15 bits per heavy atom. The number of carbonyl (C=O) groups is 1. The largest absolute Gasteiger partial charge is 0.508 e. The van der Waals surface area contributed by atoms with E-state index in [-0.39, 0.29) is 31.4 Å². The molecule has 2 aliphatic rings. The van der Waals surface area contributed by atoms with Crippen molar-refractivity contribution in [2.45, 2.75) is 75.8 Å². The van der Waals surface area contributed by atoms with Gasteiger partial charge >= 0.3 is 0 Å². The second-order valence-corrected chi connectivity index (χ2v) is 7.32. The van der Waals surface area contributed by atoms with Crippen LogP contribution in [0.5, 0.6) is 0 Å². The van der Waals surface area contributed by atoms with Gasteiger partial charge in [0.1, 0.15) is 18.0 Å². The first kappa shape index (κ1) is 21.0. The number of hydrogen-bond acceptors (Lipinski definition) is 8. The second-order valence-electron chi connectivity index (χ2n) is 7.32. The van der Waals surface area contributed by atoms with Crippen molar-refractivity contribution in [1.82, 2.24) is 0 Å². The number of carbonyl (C=O) groups excluding carboxylic acids is 1. The number of Topliss-reactive ketones (excluding diaryl/α,β-unsaturated/α-hetero) is 1. The molecule has 0 saturated carbocycles. The highest BCUT2D eigenvalue weighted by molar-refractivity contribution is 5.88. The molecule has 1 heterocycles. The predicted octanol–water partition coefficient (Wildman–Crippen LogP) is 0.0593. The molecule has 26 heavy (non-hydrogen) atoms. The van der Waals surface area contributed by atoms with Crippen molar-refractivity contribution < 1.29 is 34.7 Å². The Morgan fingerprint density at radius 3 is 2.69 bits per heavy atom. The summed E-state index contributed by atoms with van der Waals surface area (Å²) in [6, 6.07) is -0.517. The number of aliphatic hydroxyl groups excluding tert-OH is 3. The highest BCUT2D eigenvalue weighted by Crippen LogP contribution is 2.36. The molecule has 0 bridgehead atoms. The number of ether oxygens (including phenoxy) is 2. The van der Waals surface area contributed by atoms with E-state index in [9.17, 15) is 25.2 Å². The maximum atomic E-state index is 12.1. The van der Waals surface area contributed by atoms with Crippen molar-refractivity contribution in [2.24, 2.45) is 5.73 Å². The van der Waals surface area contributed by atoms with Crippen LogP contribution in [0, 0.1) is 0 Å². The second kappa shape index (κ2) is 8.16. The highest BCUT2D eigenvalue weighted by Gasteiger charge is 2.43. The lowest BCUT2D eigenvalue weighted by Gasteiger charge is -2.38. The van der Waals surface area contributed by atoms with E-state index in [4.69, 9.17) is 15.2 Å². The number of aliphatic hydroxyl groups is 4. The van der Waals surface area contributed by atoms with Gasteiger partial charge in [0.25, 0.3) is 0 Å². The lowest BCUT2D eigenvalue weighted by molar-refractivity contribution is -0.243. The summed E-state index contributed by atoms with van der Waals surface area (Å²) in [4.78, 5) is 12.1. The first-order valence-corrected chi connectivity index (χ1v) is 8.75. The Bertz CT molecular complexity index is 578. The Balaban J connectivity index is 2.23. The van der Waals surface area contributed by atoms with Crippen LogP contribution in [0.2, 0.25) is 0 Å². The van der Waals surface area contributed by atoms with Gasteiger partial charge in [-0.25, -0.2) is 0 Å². The molecule has 2 rings (SSSR count). The van der Waals surface area contributed by atoms with Gasteiger partial charge < -0.3 is 35.6 Å². The zero-order valence-corrected chi connectivity index (χ0v) is 15.2. The summed E-state index contributed by atoms with van der Waals surface area (Å²) in [5.41, 5.74) is 5.22. The van der Waals surface area contributed by atoms with Crippen LogP contribution in [0.25, 0.3) is 0 Å². The van der Waals surface area contributed by atoms with Gasteiger partial charge in [0.05, 0.1) is 18.3 Å². The molecule has 0 aromatic heterocycles. The van der Waals surface area contributed by atoms with E-state index < -0.39 is 48.6 Å². The van der Waals surface area contributed by atoms with Gasteiger partial charge in [0.15, 0.2) is 12.1 Å². The van der Waals surface area contributed by atoms with E-state index in [1.807, 2.05) is 0 Å². The molecule has 1 saturated heterocycles. The van der Waals surface area contributed by atoms with Gasteiger partial charge in [-0.3, -0.25) is 4.79 Å². The van der Waals surface area contributed by atoms with Gasteiger partial charge in [0.2, 0.25) is 0 Å². The van der Waals surface area contributed by atoms with Crippen molar-refractivity contribution in [1.29, 1.82) is 0 Å². The molecule has 0 radical (unpaired) electrons. The lowest BCUT2D eigenvalue weighted by atomic mass is 9.87. The summed E-state index contributed by atoms with van der Waals surface area (Å²) in [5, 5.41) is 39.8. The zero-order valence-electron chi connectivity index (χ0n) is 15.2. The lowest BCUT2D eigenvalue weighted by Crippen LogP contribution is -2.52. The van der Waals surface area contributed by atoms with E-state index in [2.05, 4.69) is 6.58 Å². The maximum absolute atomic E-state index is 12.1. The number of rotatable bonds is 5. The fourth-order valence-electron chi connectivity index (χ4n) is 3.68. The minimum absolute atomic E-state index is 0.0265. The Morgan fingerprint density at radius 1 is 1.50 bits per heavy atom. The summed E-state index contributed by atoms with van der Waals surface area (Å²) in [6.07, 6.45) is -2.29. The van der Waals surface area contributed by atoms with Crippen molar-refractivity contribution in [3.8, 4) is 0 Å². The number of ketones is 1. The molecule has 1 unspecified atom stereocenters. The van der Waals surface area contributed by atoms with Gasteiger partial charge in [-0.05, 0) is 19.4 Å². The van der Waals surface area contributed by atoms with Crippen molar-refractivity contribution in [3.63, 3.8) is 0 Å². The SMILES string of the molecule is C=C(O)C1=C(C)C[C@@](O)(C(=O)CO)C[C@H](OC2C[C@H](N)[C@H](O)[C@H](C)O2)C1. The number of hydrogen-bond donors (Lipinski definition) is 5. The van der Waals surface area contributed by atoms with Crippen LogP contribution in [-0.4, -0.2) is 69.1 Å². The maximum Gasteiger partial charge on any atom is 0.189 e. The third-order valence-electron chi connectivity index (χ3n) is 5.18. The van der Waals surface area contributed by atoms with Gasteiger partial charge in [-0.15, -0.1) is 0 Å². The van der Waals surface area contributed by atoms with Crippen molar-refractivity contribution >= 4 is 5.78 Å². The fraction of sp³-hybridized carbons (Fsp3) is 0.722. The van der Waals surface area contributed by atoms with Gasteiger partial charge in [-0.2, -0.15) is 0 Å². The predicted molar refractivity (Wildman–Crippen MR) is 93.2 cm³/mol. The van der Waals surface area contributed by atoms with Crippen LogP contribution in [0.1, 0.15) is 39.5 Å². The molecule has 1 fully saturated rings. The average molecular weight is 371 g/mol. The van der Waals surface area contributed by atoms with Crippen LogP contribution < -0.4 is 5.73 Å². The Hall–Kier alpha value is -1.29. The summed E-state index contributed by atoms with van der Waals surface area (Å²) >= 11 is 0. The molecule has 6 atom stereocenters.